The molecule has 334 valence electrons. The lowest BCUT2D eigenvalue weighted by atomic mass is 9.74. The van der Waals surface area contributed by atoms with Crippen molar-refractivity contribution in [2.75, 3.05) is 35.8 Å². The lowest BCUT2D eigenvalue weighted by Crippen LogP contribution is -2.52. The number of benzene rings is 3. The number of hydrogen-bond donors (Lipinski definition) is 1. The number of aromatic nitrogens is 6. The summed E-state index contributed by atoms with van der Waals surface area (Å²) < 4.78 is 327. The van der Waals surface area contributed by atoms with Crippen molar-refractivity contribution in [3.05, 3.63) is 111 Å². The van der Waals surface area contributed by atoms with E-state index in [1.807, 2.05) is 0 Å². The molecule has 2 unspecified atom stereocenters. The predicted octanol–water partition coefficient (Wildman–Crippen LogP) is 8.56. The van der Waals surface area contributed by atoms with Crippen molar-refractivity contribution >= 4 is 11.4 Å². The van der Waals surface area contributed by atoms with E-state index in [0.717, 1.165) is 48.5 Å². The molecule has 0 aliphatic carbocycles. The van der Waals surface area contributed by atoms with Crippen LogP contribution in [0.15, 0.2) is 66.0 Å². The molecule has 0 amide bonds. The first kappa shape index (κ1) is 20.2. The number of anilines is 2. The number of hydrogen-bond acceptors (Lipinski definition) is 9. The second-order valence-electron chi connectivity index (χ2n) is 15.1. The summed E-state index contributed by atoms with van der Waals surface area (Å²) in [5.74, 6) is -8.85. The minimum absolute atomic E-state index is 0.00769. The standard InChI is InChI=1S/C48H64F2N8O4/c1-13-46(9,10)44(47(11,12)60)58-45(59)56(28-53-58)38-14-16-41(29(2)20-38)54-18-19-55(31(4)24-54)37-15-17-42(30(3)21-37)61-25-36-23-48(62-34(36)7,35(8)57-27-51-26-52-57)43-33(6)32(5)39(49)22-40(43)50/h14-17,20-22,26-28,31,34-36,44,60H,13,18-19,23-25H2,1-12H3/t31?,34?,35-,36+,44-,48-/m0/s1/i11D3,13D2,14D,15D,16D,17D,18D2,19D2,20D,21D,22D,23D2,24D2,25D2,26D,27D,28D,31D,34D,35D,36D,44D,60D/t31?,34?,35-,36+,44-,47+,48-. The second-order valence-corrected chi connectivity index (χ2v) is 15.1. The summed E-state index contributed by atoms with van der Waals surface area (Å²) >= 11 is 0. The number of ether oxygens (including phenoxy) is 2. The molecule has 62 heavy (non-hydrogen) atoms. The van der Waals surface area contributed by atoms with Crippen molar-refractivity contribution in [3.8, 4) is 11.4 Å². The van der Waals surface area contributed by atoms with E-state index in [4.69, 9.17) is 23.2 Å². The van der Waals surface area contributed by atoms with Gasteiger partial charge in [-0.15, -0.1) is 0 Å². The largest absolute Gasteiger partial charge is 0.493 e. The molecule has 0 saturated carbocycles. The van der Waals surface area contributed by atoms with Gasteiger partial charge in [0.15, 0.2) is 0 Å². The van der Waals surface area contributed by atoms with Gasteiger partial charge in [0, 0.05) is 65.3 Å². The van der Waals surface area contributed by atoms with Gasteiger partial charge in [0.25, 0.3) is 0 Å². The van der Waals surface area contributed by atoms with Crippen LogP contribution < -0.4 is 20.2 Å². The Morgan fingerprint density at radius 3 is 2.52 bits per heavy atom. The summed E-state index contributed by atoms with van der Waals surface area (Å²) in [6, 6.07) is -19.7. The van der Waals surface area contributed by atoms with Crippen LogP contribution in [-0.2, 0) is 10.3 Å². The highest BCUT2D eigenvalue weighted by atomic mass is 19.1. The zero-order valence-electron chi connectivity index (χ0n) is 66.5. The number of piperazine rings is 1. The van der Waals surface area contributed by atoms with Crippen molar-refractivity contribution in [1.29, 1.82) is 1.43 Å². The summed E-state index contributed by atoms with van der Waals surface area (Å²) in [4.78, 5) is 17.9. The van der Waals surface area contributed by atoms with Crippen molar-refractivity contribution in [1.82, 2.24) is 29.1 Å². The molecule has 2 aliphatic rings. The molecular weight excluding hydrogens is 791 g/mol. The van der Waals surface area contributed by atoms with Crippen LogP contribution in [0.3, 0.4) is 0 Å². The Kier molecular flexibility index (Phi) is 5.50. The Bertz CT molecular complexity index is 3880. The molecule has 12 nitrogen and oxygen atoms in total. The molecule has 2 aliphatic heterocycles. The van der Waals surface area contributed by atoms with Crippen LogP contribution in [0.25, 0.3) is 5.69 Å². The SMILES string of the molecule is [2H]O[C@@](C)(C([2H])([2H])[2H])[C@@]([2H])(n1nc([2H])n(-c2c([2H])c([2H])c(N3C([2H])([2H])C([2H])([2H])N(c4c([2H])c([2H])c(OC([2H])([2H])[C@]5([2H])C([2H])(C)O[C@](c6c(C)c(C)c(F)c([2H])c6F)([C@]([2H])(C)n6nc([2H])nc6[2H])C5([2H])[2H])c(C)c4[2H])C([2H])(C)C3([2H])[2H])c(C)c2[2H])c1=O)C(C)(C)C([2H])([2H])C. The Labute approximate surface area is 408 Å². The van der Waals surface area contributed by atoms with Gasteiger partial charge in [-0.25, -0.2) is 32.5 Å². The van der Waals surface area contributed by atoms with Crippen LogP contribution in [0, 0.1) is 50.6 Å². The molecule has 7 atom stereocenters. The first-order valence-corrected chi connectivity index (χ1v) is 18.8. The molecule has 7 rings (SSSR count). The summed E-state index contributed by atoms with van der Waals surface area (Å²) in [5.41, 5.74) is -18.8. The Morgan fingerprint density at radius 2 is 1.82 bits per heavy atom. The monoisotopic (exact) mass is 886 g/mol. The molecule has 3 aromatic carbocycles. The number of aliphatic hydroxyl groups is 1. The molecule has 14 heteroatoms. The number of halogens is 2. The smallest absolute Gasteiger partial charge is 0.350 e. The summed E-state index contributed by atoms with van der Waals surface area (Å²) in [5, 5.41) is 12.0. The third-order valence-electron chi connectivity index (χ3n) is 10.4. The van der Waals surface area contributed by atoms with Crippen LogP contribution in [0.1, 0.15) is 149 Å². The number of nitrogens with zero attached hydrogens (tertiary/aromatic N) is 8. The average Bonchev–Trinajstić information content (AvgIpc) is 1.49. The highest BCUT2D eigenvalue weighted by molar-refractivity contribution is 5.60. The second kappa shape index (κ2) is 16.9. The van der Waals surface area contributed by atoms with Crippen LogP contribution in [0.2, 0.25) is 0 Å². The van der Waals surface area contributed by atoms with Crippen molar-refractivity contribution in [2.24, 2.45) is 11.3 Å². The van der Waals surface area contributed by atoms with E-state index < -0.39 is 221 Å². The van der Waals surface area contributed by atoms with Crippen LogP contribution in [0.5, 0.6) is 5.75 Å². The van der Waals surface area contributed by atoms with Crippen molar-refractivity contribution in [3.63, 3.8) is 0 Å². The van der Waals surface area contributed by atoms with E-state index in [1.165, 1.54) is 0 Å². The minimum atomic E-state index is -4.25. The first-order chi connectivity index (χ1) is 41.4. The minimum Gasteiger partial charge on any atom is -0.493 e. The zero-order valence-corrected chi connectivity index (χ0v) is 35.5. The molecular formula is C48H64F2N8O4. The highest BCUT2D eigenvalue weighted by Crippen LogP contribution is 2.52. The summed E-state index contributed by atoms with van der Waals surface area (Å²) in [6.07, 6.45) is -13.8. The first-order valence-electron chi connectivity index (χ1n) is 34.2. The van der Waals surface area contributed by atoms with Gasteiger partial charge in [0.05, 0.1) is 62.0 Å². The molecule has 1 N–H and O–H groups in total. The van der Waals surface area contributed by atoms with Gasteiger partial charge in [0.1, 0.15) is 46.0 Å². The van der Waals surface area contributed by atoms with E-state index in [1.54, 1.807) is 0 Å². The van der Waals surface area contributed by atoms with E-state index in [-0.39, 0.29) is 23.7 Å². The van der Waals surface area contributed by atoms with Crippen LogP contribution in [-0.4, -0.2) is 79.4 Å². The van der Waals surface area contributed by atoms with Crippen LogP contribution >= 0.6 is 0 Å². The van der Waals surface area contributed by atoms with Gasteiger partial charge in [-0.1, -0.05) is 20.8 Å². The average molecular weight is 886 g/mol. The van der Waals surface area contributed by atoms with Gasteiger partial charge in [-0.05, 0) is 139 Å². The molecule has 4 heterocycles. The van der Waals surface area contributed by atoms with Crippen molar-refractivity contribution in [2.45, 2.75) is 131 Å². The van der Waals surface area contributed by atoms with Gasteiger partial charge >= 0.3 is 5.69 Å². The van der Waals surface area contributed by atoms with Crippen molar-refractivity contribution < 1.29 is 64.5 Å². The topological polar surface area (TPSA) is 116 Å². The quantitative estimate of drug-likeness (QED) is 0.117. The maximum atomic E-state index is 16.9. The molecule has 0 bridgehead atoms. The molecule has 2 saturated heterocycles. The number of rotatable bonds is 14. The highest BCUT2D eigenvalue weighted by Gasteiger charge is 2.53. The Balaban J connectivity index is 1.41. The van der Waals surface area contributed by atoms with Crippen LogP contribution in [0.4, 0.5) is 20.2 Å². The van der Waals surface area contributed by atoms with Gasteiger partial charge in [-0.3, -0.25) is 0 Å². The van der Waals surface area contributed by atoms with E-state index in [0.29, 0.717) is 27.7 Å². The molecule has 2 aromatic heterocycles. The Morgan fingerprint density at radius 1 is 1.08 bits per heavy atom. The fourth-order valence-electron chi connectivity index (χ4n) is 6.88. The maximum absolute atomic E-state index is 16.9. The molecule has 5 aromatic rings. The van der Waals surface area contributed by atoms with E-state index in [9.17, 15) is 33.6 Å². The fraction of sp³-hybridized carbons (Fsp3) is 0.542. The summed E-state index contributed by atoms with van der Waals surface area (Å²) in [7, 11) is 0. The Hall–Kier alpha value is -5.08. The van der Waals surface area contributed by atoms with E-state index in [2.05, 4.69) is 20.3 Å². The molecule has 2 fully saturated rings. The lowest BCUT2D eigenvalue weighted by Gasteiger charge is -2.43. The normalized spacial score (nSPS) is 38.5. The van der Waals surface area contributed by atoms with Gasteiger partial charge in [-0.2, -0.15) is 10.2 Å². The third-order valence-corrected chi connectivity index (χ3v) is 10.4. The zero-order chi connectivity index (χ0) is 72.3. The van der Waals surface area contributed by atoms with E-state index >= 15 is 8.78 Å². The van der Waals surface area contributed by atoms with Gasteiger partial charge in [0.2, 0.25) is 1.43 Å². The molecule has 0 radical (unpaired) electrons. The lowest BCUT2D eigenvalue weighted by molar-refractivity contribution is -0.0787. The molecule has 0 spiro atoms. The van der Waals surface area contributed by atoms with Gasteiger partial charge < -0.3 is 24.4 Å². The third kappa shape index (κ3) is 8.16. The predicted molar refractivity (Wildman–Crippen MR) is 239 cm³/mol. The fourth-order valence-corrected chi connectivity index (χ4v) is 6.88. The summed E-state index contributed by atoms with van der Waals surface area (Å²) in [6.45, 7) is -10.7. The maximum Gasteiger partial charge on any atom is 0.350 e.